The molecule has 1 aliphatic rings. The molecular formula is C6H8NO3. The van der Waals surface area contributed by atoms with Crippen LogP contribution >= 0.6 is 0 Å². The van der Waals surface area contributed by atoms with Crippen LogP contribution in [-0.4, -0.2) is 29.9 Å². The van der Waals surface area contributed by atoms with Crippen LogP contribution < -0.4 is 5.32 Å². The molecule has 0 amide bonds. The lowest BCUT2D eigenvalue weighted by Gasteiger charge is -1.97. The Morgan fingerprint density at radius 1 is 1.70 bits per heavy atom. The lowest BCUT2D eigenvalue weighted by molar-refractivity contribution is -0.141. The van der Waals surface area contributed by atoms with E-state index < -0.39 is 11.9 Å². The molecule has 0 bridgehead atoms. The summed E-state index contributed by atoms with van der Waals surface area (Å²) in [7, 11) is 0. The summed E-state index contributed by atoms with van der Waals surface area (Å²) in [5, 5.41) is 11.2. The maximum Gasteiger partial charge on any atom is 0.307 e. The van der Waals surface area contributed by atoms with Gasteiger partial charge < -0.3 is 10.4 Å². The van der Waals surface area contributed by atoms with Crippen molar-refractivity contribution in [1.29, 1.82) is 0 Å². The molecule has 1 saturated heterocycles. The molecule has 0 aliphatic carbocycles. The first-order valence-electron chi connectivity index (χ1n) is 3.08. The summed E-state index contributed by atoms with van der Waals surface area (Å²) in [6.07, 6.45) is 2.10. The van der Waals surface area contributed by atoms with Crippen molar-refractivity contribution in [3.05, 3.63) is 0 Å². The number of hydrogen-bond donors (Lipinski definition) is 2. The summed E-state index contributed by atoms with van der Waals surface area (Å²) in [6.45, 7) is 0.384. The van der Waals surface area contributed by atoms with Crippen molar-refractivity contribution in [2.24, 2.45) is 5.92 Å². The highest BCUT2D eigenvalue weighted by Crippen LogP contribution is 2.11. The molecule has 4 heteroatoms. The van der Waals surface area contributed by atoms with E-state index in [1.54, 1.807) is 6.29 Å². The van der Waals surface area contributed by atoms with Gasteiger partial charge in [0.05, 0.1) is 12.0 Å². The molecule has 10 heavy (non-hydrogen) atoms. The van der Waals surface area contributed by atoms with E-state index >= 15 is 0 Å². The molecule has 2 unspecified atom stereocenters. The van der Waals surface area contributed by atoms with Crippen molar-refractivity contribution in [2.45, 2.75) is 12.5 Å². The predicted molar refractivity (Wildman–Crippen MR) is 33.2 cm³/mol. The van der Waals surface area contributed by atoms with Crippen LogP contribution in [0.4, 0.5) is 0 Å². The number of aliphatic carboxylic acids is 1. The lowest BCUT2D eigenvalue weighted by atomic mass is 10.1. The van der Waals surface area contributed by atoms with Crippen molar-refractivity contribution in [3.63, 3.8) is 0 Å². The van der Waals surface area contributed by atoms with Crippen LogP contribution in [0.2, 0.25) is 0 Å². The fourth-order valence-corrected chi connectivity index (χ4v) is 1.01. The van der Waals surface area contributed by atoms with E-state index in [9.17, 15) is 9.59 Å². The minimum Gasteiger partial charge on any atom is -0.481 e. The van der Waals surface area contributed by atoms with Gasteiger partial charge in [-0.05, 0) is 6.42 Å². The molecule has 2 atom stereocenters. The zero-order valence-electron chi connectivity index (χ0n) is 5.33. The van der Waals surface area contributed by atoms with E-state index in [0.717, 1.165) is 0 Å². The minimum atomic E-state index is -0.842. The van der Waals surface area contributed by atoms with Crippen LogP contribution in [-0.2, 0) is 9.59 Å². The van der Waals surface area contributed by atoms with Gasteiger partial charge in [0.2, 0.25) is 6.29 Å². The lowest BCUT2D eigenvalue weighted by Crippen LogP contribution is -2.22. The summed E-state index contributed by atoms with van der Waals surface area (Å²) in [5.74, 6) is -1.25. The highest BCUT2D eigenvalue weighted by molar-refractivity contribution is 5.72. The van der Waals surface area contributed by atoms with E-state index in [1.807, 2.05) is 0 Å². The zero-order chi connectivity index (χ0) is 7.56. The summed E-state index contributed by atoms with van der Waals surface area (Å²) in [5.41, 5.74) is 0. The second kappa shape index (κ2) is 2.79. The SMILES string of the molecule is O=[C]C1CC(C(=O)O)CN1. The molecule has 0 aromatic carbocycles. The molecule has 0 saturated carbocycles. The van der Waals surface area contributed by atoms with Crippen molar-refractivity contribution < 1.29 is 14.7 Å². The fraction of sp³-hybridized carbons (Fsp3) is 0.667. The van der Waals surface area contributed by atoms with Gasteiger partial charge in [0.1, 0.15) is 0 Å². The van der Waals surface area contributed by atoms with E-state index in [2.05, 4.69) is 5.32 Å². The Kier molecular flexibility index (Phi) is 2.01. The third kappa shape index (κ3) is 1.33. The Hall–Kier alpha value is -0.900. The molecule has 0 spiro atoms. The van der Waals surface area contributed by atoms with E-state index in [0.29, 0.717) is 13.0 Å². The van der Waals surface area contributed by atoms with Gasteiger partial charge in [-0.2, -0.15) is 0 Å². The van der Waals surface area contributed by atoms with Crippen molar-refractivity contribution in [3.8, 4) is 0 Å². The summed E-state index contributed by atoms with van der Waals surface area (Å²) < 4.78 is 0. The van der Waals surface area contributed by atoms with Gasteiger partial charge in [0.15, 0.2) is 0 Å². The van der Waals surface area contributed by atoms with Crippen LogP contribution in [0.5, 0.6) is 0 Å². The molecule has 1 fully saturated rings. The van der Waals surface area contributed by atoms with Crippen LogP contribution in [0.1, 0.15) is 6.42 Å². The largest absolute Gasteiger partial charge is 0.481 e. The number of carbonyl (C=O) groups excluding carboxylic acids is 1. The number of carboxylic acids is 1. The van der Waals surface area contributed by atoms with Crippen molar-refractivity contribution >= 4 is 12.3 Å². The summed E-state index contributed by atoms with van der Waals surface area (Å²) in [6, 6.07) is -0.374. The summed E-state index contributed by atoms with van der Waals surface area (Å²) in [4.78, 5) is 20.3. The van der Waals surface area contributed by atoms with Gasteiger partial charge >= 0.3 is 5.97 Å². The Morgan fingerprint density at radius 3 is 2.70 bits per heavy atom. The van der Waals surface area contributed by atoms with Crippen LogP contribution in [0, 0.1) is 5.92 Å². The standard InChI is InChI=1S/C6H8NO3/c8-3-5-1-4(2-7-5)6(9)10/h4-5,7H,1-2H2,(H,9,10). The van der Waals surface area contributed by atoms with Gasteiger partial charge in [0.25, 0.3) is 0 Å². The molecule has 1 heterocycles. The smallest absolute Gasteiger partial charge is 0.307 e. The van der Waals surface area contributed by atoms with Gasteiger partial charge in [-0.3, -0.25) is 9.59 Å². The summed E-state index contributed by atoms with van der Waals surface area (Å²) >= 11 is 0. The molecule has 1 radical (unpaired) electrons. The monoisotopic (exact) mass is 142 g/mol. The van der Waals surface area contributed by atoms with Crippen molar-refractivity contribution in [2.75, 3.05) is 6.54 Å². The first kappa shape index (κ1) is 7.21. The fourth-order valence-electron chi connectivity index (χ4n) is 1.01. The normalized spacial score (nSPS) is 32.0. The first-order valence-corrected chi connectivity index (χ1v) is 3.08. The Balaban J connectivity index is 2.42. The molecule has 1 aliphatic heterocycles. The van der Waals surface area contributed by atoms with Gasteiger partial charge in [0, 0.05) is 6.54 Å². The third-order valence-corrected chi connectivity index (χ3v) is 1.62. The number of rotatable bonds is 2. The molecule has 4 nitrogen and oxygen atoms in total. The van der Waals surface area contributed by atoms with E-state index in [1.165, 1.54) is 0 Å². The van der Waals surface area contributed by atoms with Crippen LogP contribution in [0.25, 0.3) is 0 Å². The minimum absolute atomic E-state index is 0.374. The van der Waals surface area contributed by atoms with Crippen LogP contribution in [0.15, 0.2) is 0 Å². The van der Waals surface area contributed by atoms with Gasteiger partial charge in [-0.25, -0.2) is 0 Å². The zero-order valence-corrected chi connectivity index (χ0v) is 5.33. The van der Waals surface area contributed by atoms with Gasteiger partial charge in [-0.1, -0.05) is 0 Å². The molecule has 1 rings (SSSR count). The van der Waals surface area contributed by atoms with E-state index in [4.69, 9.17) is 5.11 Å². The Labute approximate surface area is 58.2 Å². The maximum atomic E-state index is 10.3. The number of carbonyl (C=O) groups is 1. The first-order chi connectivity index (χ1) is 4.74. The van der Waals surface area contributed by atoms with Crippen LogP contribution in [0.3, 0.4) is 0 Å². The third-order valence-electron chi connectivity index (χ3n) is 1.62. The molecule has 55 valence electrons. The highest BCUT2D eigenvalue weighted by atomic mass is 16.4. The number of nitrogens with one attached hydrogen (secondary N) is 1. The average Bonchev–Trinajstić information content (AvgIpc) is 2.34. The molecule has 0 aromatic heterocycles. The Morgan fingerprint density at radius 2 is 2.40 bits per heavy atom. The Bertz CT molecular complexity index is 157. The van der Waals surface area contributed by atoms with Crippen molar-refractivity contribution in [1.82, 2.24) is 5.32 Å². The molecule has 0 aromatic rings. The van der Waals surface area contributed by atoms with Gasteiger partial charge in [-0.15, -0.1) is 0 Å². The highest BCUT2D eigenvalue weighted by Gasteiger charge is 2.28. The maximum absolute atomic E-state index is 10.3. The predicted octanol–water partition coefficient (Wildman–Crippen LogP) is -0.841. The topological polar surface area (TPSA) is 66.4 Å². The average molecular weight is 142 g/mol. The number of carboxylic acid groups (broad SMARTS) is 1. The molecular weight excluding hydrogens is 134 g/mol. The van der Waals surface area contributed by atoms with E-state index in [-0.39, 0.29) is 6.04 Å². The second-order valence-corrected chi connectivity index (χ2v) is 2.35. The number of hydrogen-bond acceptors (Lipinski definition) is 3. The quantitative estimate of drug-likeness (QED) is 0.527. The second-order valence-electron chi connectivity index (χ2n) is 2.35. The molecule has 2 N–H and O–H groups in total.